The van der Waals surface area contributed by atoms with Crippen LogP contribution in [0.25, 0.3) is 0 Å². The van der Waals surface area contributed by atoms with Crippen molar-refractivity contribution in [3.05, 3.63) is 64.1 Å². The normalized spacial score (nSPS) is 16.0. The topological polar surface area (TPSA) is 59.6 Å². The Kier molecular flexibility index (Phi) is 5.21. The second-order valence-electron chi connectivity index (χ2n) is 6.18. The van der Waals surface area contributed by atoms with Crippen LogP contribution >= 0.6 is 15.9 Å². The van der Waals surface area contributed by atoms with Crippen molar-refractivity contribution in [3.63, 3.8) is 0 Å². The van der Waals surface area contributed by atoms with Crippen molar-refractivity contribution in [2.45, 2.75) is 24.9 Å². The molecule has 0 saturated heterocycles. The van der Waals surface area contributed by atoms with Gasteiger partial charge in [0.15, 0.2) is 5.96 Å². The van der Waals surface area contributed by atoms with Crippen LogP contribution in [0.5, 0.6) is 0 Å². The van der Waals surface area contributed by atoms with E-state index in [1.807, 2.05) is 30.3 Å². The molecule has 0 amide bonds. The standard InChI is InChI=1S/C19H22BrN3O/c1-24-12-14-6-2-5-9-17(14)23-18(21)22-13-19(10-11-19)15-7-3-4-8-16(15)20/h2-9H,10-13H2,1H3,(H3,21,22,23). The Bertz CT molecular complexity index is 741. The lowest BCUT2D eigenvalue weighted by Crippen LogP contribution is -2.25. The van der Waals surface area contributed by atoms with Crippen LogP contribution in [0.15, 0.2) is 58.0 Å². The molecule has 1 fully saturated rings. The molecule has 0 heterocycles. The molecule has 2 aromatic rings. The smallest absolute Gasteiger partial charge is 0.193 e. The predicted octanol–water partition coefficient (Wildman–Crippen LogP) is 4.05. The van der Waals surface area contributed by atoms with Gasteiger partial charge in [0, 0.05) is 28.2 Å². The van der Waals surface area contributed by atoms with Crippen LogP contribution in [-0.4, -0.2) is 19.6 Å². The zero-order chi connectivity index (χ0) is 17.0. The molecule has 0 unspecified atom stereocenters. The highest BCUT2D eigenvalue weighted by Gasteiger charge is 2.45. The van der Waals surface area contributed by atoms with Crippen LogP contribution < -0.4 is 11.1 Å². The van der Waals surface area contributed by atoms with Crippen LogP contribution in [0, 0.1) is 0 Å². The molecule has 24 heavy (non-hydrogen) atoms. The van der Waals surface area contributed by atoms with Gasteiger partial charge in [0.05, 0.1) is 13.2 Å². The number of ether oxygens (including phenoxy) is 1. The molecular formula is C19H22BrN3O. The molecule has 4 nitrogen and oxygen atoms in total. The van der Waals surface area contributed by atoms with Gasteiger partial charge in [-0.25, -0.2) is 0 Å². The van der Waals surface area contributed by atoms with Gasteiger partial charge in [-0.3, -0.25) is 4.99 Å². The number of hydrogen-bond acceptors (Lipinski definition) is 2. The second kappa shape index (κ2) is 7.36. The molecule has 0 aliphatic heterocycles. The Morgan fingerprint density at radius 3 is 2.62 bits per heavy atom. The number of halogens is 1. The first kappa shape index (κ1) is 17.0. The molecule has 3 N–H and O–H groups in total. The molecule has 1 saturated carbocycles. The third-order valence-electron chi connectivity index (χ3n) is 4.43. The van der Waals surface area contributed by atoms with Crippen molar-refractivity contribution < 1.29 is 4.74 Å². The molecule has 2 aromatic carbocycles. The lowest BCUT2D eigenvalue weighted by atomic mass is 9.96. The summed E-state index contributed by atoms with van der Waals surface area (Å²) in [4.78, 5) is 4.59. The second-order valence-corrected chi connectivity index (χ2v) is 7.03. The zero-order valence-corrected chi connectivity index (χ0v) is 15.3. The number of aliphatic imine (C=N–C) groups is 1. The van der Waals surface area contributed by atoms with Gasteiger partial charge in [-0.05, 0) is 30.5 Å². The van der Waals surface area contributed by atoms with E-state index in [1.165, 1.54) is 5.56 Å². The van der Waals surface area contributed by atoms with E-state index in [0.717, 1.165) is 28.6 Å². The van der Waals surface area contributed by atoms with Crippen LogP contribution in [0.1, 0.15) is 24.0 Å². The maximum atomic E-state index is 6.11. The van der Waals surface area contributed by atoms with Gasteiger partial charge in [0.25, 0.3) is 0 Å². The van der Waals surface area contributed by atoms with Gasteiger partial charge >= 0.3 is 0 Å². The van der Waals surface area contributed by atoms with Gasteiger partial charge in [-0.2, -0.15) is 0 Å². The van der Waals surface area contributed by atoms with Gasteiger partial charge in [0.2, 0.25) is 0 Å². The Labute approximate surface area is 151 Å². The number of methoxy groups -OCH3 is 1. The highest BCUT2D eigenvalue weighted by molar-refractivity contribution is 9.10. The molecule has 1 aliphatic carbocycles. The molecule has 5 heteroatoms. The summed E-state index contributed by atoms with van der Waals surface area (Å²) in [6.07, 6.45) is 2.29. The number of rotatable bonds is 6. The van der Waals surface area contributed by atoms with E-state index < -0.39 is 0 Å². The number of para-hydroxylation sites is 1. The van der Waals surface area contributed by atoms with Crippen molar-refractivity contribution in [1.82, 2.24) is 0 Å². The number of hydrogen-bond donors (Lipinski definition) is 2. The molecule has 0 aromatic heterocycles. The number of nitrogens with one attached hydrogen (secondary N) is 1. The maximum Gasteiger partial charge on any atom is 0.193 e. The quantitative estimate of drug-likeness (QED) is 0.580. The summed E-state index contributed by atoms with van der Waals surface area (Å²) in [6, 6.07) is 16.3. The summed E-state index contributed by atoms with van der Waals surface area (Å²) < 4.78 is 6.37. The summed E-state index contributed by atoms with van der Waals surface area (Å²) in [6.45, 7) is 1.23. The number of nitrogens with zero attached hydrogens (tertiary/aromatic N) is 1. The summed E-state index contributed by atoms with van der Waals surface area (Å²) in [5.41, 5.74) is 9.55. The van der Waals surface area contributed by atoms with Crippen LogP contribution in [0.4, 0.5) is 5.69 Å². The van der Waals surface area contributed by atoms with E-state index in [4.69, 9.17) is 10.5 Å². The van der Waals surface area contributed by atoms with E-state index >= 15 is 0 Å². The summed E-state index contributed by atoms with van der Waals surface area (Å²) in [5.74, 6) is 0.442. The Balaban J connectivity index is 1.70. The lowest BCUT2D eigenvalue weighted by Gasteiger charge is -2.16. The lowest BCUT2D eigenvalue weighted by molar-refractivity contribution is 0.185. The number of anilines is 1. The molecule has 126 valence electrons. The molecule has 0 bridgehead atoms. The fourth-order valence-electron chi connectivity index (χ4n) is 2.89. The number of guanidine groups is 1. The minimum atomic E-state index is 0.123. The van der Waals surface area contributed by atoms with Crippen molar-refractivity contribution >= 4 is 27.6 Å². The first-order chi connectivity index (χ1) is 11.6. The first-order valence-corrected chi connectivity index (χ1v) is 8.83. The average molecular weight is 388 g/mol. The average Bonchev–Trinajstić information content (AvgIpc) is 3.36. The molecule has 0 spiro atoms. The van der Waals surface area contributed by atoms with E-state index in [1.54, 1.807) is 7.11 Å². The van der Waals surface area contributed by atoms with E-state index in [2.05, 4.69) is 44.4 Å². The Morgan fingerprint density at radius 2 is 1.92 bits per heavy atom. The van der Waals surface area contributed by atoms with E-state index in [9.17, 15) is 0 Å². The number of benzene rings is 2. The first-order valence-electron chi connectivity index (χ1n) is 8.03. The fraction of sp³-hybridized carbons (Fsp3) is 0.316. The Morgan fingerprint density at radius 1 is 1.21 bits per heavy atom. The van der Waals surface area contributed by atoms with Crippen LogP contribution in [0.2, 0.25) is 0 Å². The van der Waals surface area contributed by atoms with Crippen molar-refractivity contribution in [2.75, 3.05) is 19.0 Å². The molecular weight excluding hydrogens is 366 g/mol. The van der Waals surface area contributed by atoms with Crippen LogP contribution in [0.3, 0.4) is 0 Å². The van der Waals surface area contributed by atoms with E-state index in [0.29, 0.717) is 19.1 Å². The van der Waals surface area contributed by atoms with Crippen molar-refractivity contribution in [1.29, 1.82) is 0 Å². The largest absolute Gasteiger partial charge is 0.380 e. The fourth-order valence-corrected chi connectivity index (χ4v) is 3.60. The molecule has 0 radical (unpaired) electrons. The van der Waals surface area contributed by atoms with E-state index in [-0.39, 0.29) is 5.41 Å². The van der Waals surface area contributed by atoms with Gasteiger partial charge in [0.1, 0.15) is 0 Å². The molecule has 1 aliphatic rings. The highest BCUT2D eigenvalue weighted by atomic mass is 79.9. The molecule has 0 atom stereocenters. The van der Waals surface area contributed by atoms with Gasteiger partial charge in [-0.15, -0.1) is 0 Å². The monoisotopic (exact) mass is 387 g/mol. The van der Waals surface area contributed by atoms with Gasteiger partial charge < -0.3 is 15.8 Å². The SMILES string of the molecule is COCc1ccccc1NC(N)=NCC1(c2ccccc2Br)CC1. The number of nitrogens with two attached hydrogens (primary N) is 1. The summed E-state index contributed by atoms with van der Waals surface area (Å²) in [5, 5.41) is 3.20. The minimum Gasteiger partial charge on any atom is -0.380 e. The third kappa shape index (κ3) is 3.79. The van der Waals surface area contributed by atoms with Crippen LogP contribution in [-0.2, 0) is 16.8 Å². The Hall–Kier alpha value is -1.85. The maximum absolute atomic E-state index is 6.11. The molecule has 3 rings (SSSR count). The predicted molar refractivity (Wildman–Crippen MR) is 102 cm³/mol. The third-order valence-corrected chi connectivity index (χ3v) is 5.12. The highest BCUT2D eigenvalue weighted by Crippen LogP contribution is 2.50. The van der Waals surface area contributed by atoms with Gasteiger partial charge in [-0.1, -0.05) is 52.3 Å². The summed E-state index contributed by atoms with van der Waals surface area (Å²) in [7, 11) is 1.68. The van der Waals surface area contributed by atoms with Crippen molar-refractivity contribution in [2.24, 2.45) is 10.7 Å². The zero-order valence-electron chi connectivity index (χ0n) is 13.8. The van der Waals surface area contributed by atoms with Crippen molar-refractivity contribution in [3.8, 4) is 0 Å². The minimum absolute atomic E-state index is 0.123. The summed E-state index contributed by atoms with van der Waals surface area (Å²) >= 11 is 3.65.